The van der Waals surface area contributed by atoms with Crippen LogP contribution in [0.15, 0.2) is 29.3 Å². The molecule has 0 atom stereocenters. The van der Waals surface area contributed by atoms with Crippen LogP contribution in [0.2, 0.25) is 0 Å². The molecule has 1 aromatic rings. The zero-order valence-corrected chi connectivity index (χ0v) is 11.0. The first-order chi connectivity index (χ1) is 8.19. The quantitative estimate of drug-likeness (QED) is 0.768. The van der Waals surface area contributed by atoms with Gasteiger partial charge in [-0.1, -0.05) is 26.0 Å². The molecular formula is C14H22N2O. The first kappa shape index (κ1) is 13.7. The lowest BCUT2D eigenvalue weighted by Gasteiger charge is -2.16. The third kappa shape index (κ3) is 4.19. The number of phenols is 1. The number of nitrogens with zero attached hydrogens (tertiary/aromatic N) is 2. The summed E-state index contributed by atoms with van der Waals surface area (Å²) in [5, 5.41) is 9.69. The highest BCUT2D eigenvalue weighted by molar-refractivity contribution is 6.00. The second-order valence-corrected chi connectivity index (χ2v) is 4.01. The molecule has 0 aliphatic heterocycles. The van der Waals surface area contributed by atoms with Crippen molar-refractivity contribution in [2.24, 2.45) is 4.99 Å². The molecule has 0 aliphatic rings. The smallest absolute Gasteiger partial charge is 0.124 e. The standard InChI is InChI=1S/C14H22N2O/c1-4-16(5-2)11-10-15-12(3)13-8-6-7-9-14(13)17/h6-9,17H,4-5,10-11H2,1-3H3/b15-12+. The lowest BCUT2D eigenvalue weighted by Crippen LogP contribution is -2.25. The zero-order chi connectivity index (χ0) is 12.7. The average molecular weight is 234 g/mol. The molecule has 0 amide bonds. The van der Waals surface area contributed by atoms with E-state index < -0.39 is 0 Å². The Balaban J connectivity index is 2.58. The van der Waals surface area contributed by atoms with Gasteiger partial charge in [0.1, 0.15) is 5.75 Å². The van der Waals surface area contributed by atoms with Gasteiger partial charge in [0, 0.05) is 17.8 Å². The summed E-state index contributed by atoms with van der Waals surface area (Å²) < 4.78 is 0. The van der Waals surface area contributed by atoms with Crippen molar-refractivity contribution < 1.29 is 5.11 Å². The number of hydrogen-bond donors (Lipinski definition) is 1. The van der Waals surface area contributed by atoms with Gasteiger partial charge in [-0.05, 0) is 32.1 Å². The molecule has 0 fully saturated rings. The SMILES string of the molecule is CCN(CC)CC/N=C(\C)c1ccccc1O. The van der Waals surface area contributed by atoms with Gasteiger partial charge in [0.25, 0.3) is 0 Å². The van der Waals surface area contributed by atoms with Gasteiger partial charge < -0.3 is 10.0 Å². The lowest BCUT2D eigenvalue weighted by atomic mass is 10.1. The van der Waals surface area contributed by atoms with Crippen LogP contribution in [0, 0.1) is 0 Å². The van der Waals surface area contributed by atoms with Gasteiger partial charge in [0.15, 0.2) is 0 Å². The molecule has 1 rings (SSSR count). The highest BCUT2D eigenvalue weighted by Gasteiger charge is 2.03. The van der Waals surface area contributed by atoms with Crippen LogP contribution in [0.4, 0.5) is 0 Å². The molecule has 0 saturated carbocycles. The van der Waals surface area contributed by atoms with Gasteiger partial charge in [-0.2, -0.15) is 0 Å². The fourth-order valence-corrected chi connectivity index (χ4v) is 1.76. The molecule has 1 N–H and O–H groups in total. The Kier molecular flexibility index (Phi) is 5.70. The topological polar surface area (TPSA) is 35.8 Å². The highest BCUT2D eigenvalue weighted by Crippen LogP contribution is 2.16. The third-order valence-corrected chi connectivity index (χ3v) is 2.95. The molecule has 1 aromatic carbocycles. The predicted octanol–water partition coefficient (Wildman–Crippen LogP) is 2.54. The van der Waals surface area contributed by atoms with Gasteiger partial charge in [-0.15, -0.1) is 0 Å². The van der Waals surface area contributed by atoms with Gasteiger partial charge in [0.05, 0.1) is 6.54 Å². The molecule has 94 valence electrons. The van der Waals surface area contributed by atoms with Gasteiger partial charge in [-0.25, -0.2) is 0 Å². The molecule has 0 aromatic heterocycles. The van der Waals surface area contributed by atoms with Crippen LogP contribution < -0.4 is 0 Å². The minimum atomic E-state index is 0.302. The summed E-state index contributed by atoms with van der Waals surface area (Å²) in [5.41, 5.74) is 1.72. The predicted molar refractivity (Wildman–Crippen MR) is 73.0 cm³/mol. The third-order valence-electron chi connectivity index (χ3n) is 2.95. The van der Waals surface area contributed by atoms with E-state index in [1.807, 2.05) is 25.1 Å². The molecule has 0 spiro atoms. The Morgan fingerprint density at radius 1 is 1.24 bits per heavy atom. The van der Waals surface area contributed by atoms with E-state index in [2.05, 4.69) is 23.7 Å². The molecule has 0 saturated heterocycles. The van der Waals surface area contributed by atoms with Crippen LogP contribution in [-0.4, -0.2) is 41.9 Å². The maximum absolute atomic E-state index is 9.69. The number of likely N-dealkylation sites (N-methyl/N-ethyl adjacent to an activating group) is 1. The van der Waals surface area contributed by atoms with Crippen molar-refractivity contribution in [1.29, 1.82) is 0 Å². The van der Waals surface area contributed by atoms with Crippen molar-refractivity contribution in [3.05, 3.63) is 29.8 Å². The monoisotopic (exact) mass is 234 g/mol. The maximum atomic E-state index is 9.69. The molecule has 0 aliphatic carbocycles. The minimum absolute atomic E-state index is 0.302. The fourth-order valence-electron chi connectivity index (χ4n) is 1.76. The molecule has 0 radical (unpaired) electrons. The molecular weight excluding hydrogens is 212 g/mol. The van der Waals surface area contributed by atoms with Crippen molar-refractivity contribution in [3.8, 4) is 5.75 Å². The average Bonchev–Trinajstić information content (AvgIpc) is 2.35. The number of hydrogen-bond acceptors (Lipinski definition) is 3. The summed E-state index contributed by atoms with van der Waals surface area (Å²) >= 11 is 0. The highest BCUT2D eigenvalue weighted by atomic mass is 16.3. The largest absolute Gasteiger partial charge is 0.507 e. The number of phenolic OH excluding ortho intramolecular Hbond substituents is 1. The van der Waals surface area contributed by atoms with Crippen LogP contribution in [0.1, 0.15) is 26.3 Å². The molecule has 0 unspecified atom stereocenters. The van der Waals surface area contributed by atoms with Crippen molar-refractivity contribution in [3.63, 3.8) is 0 Å². The minimum Gasteiger partial charge on any atom is -0.507 e. The Bertz CT molecular complexity index is 370. The van der Waals surface area contributed by atoms with E-state index in [4.69, 9.17) is 0 Å². The first-order valence-corrected chi connectivity index (χ1v) is 6.20. The van der Waals surface area contributed by atoms with Crippen LogP contribution in [0.25, 0.3) is 0 Å². The number of benzene rings is 1. The summed E-state index contributed by atoms with van der Waals surface area (Å²) in [6.45, 7) is 10.1. The molecule has 0 bridgehead atoms. The second kappa shape index (κ2) is 7.07. The zero-order valence-electron chi connectivity index (χ0n) is 11.0. The van der Waals surface area contributed by atoms with Crippen molar-refractivity contribution in [2.45, 2.75) is 20.8 Å². The van der Waals surface area contributed by atoms with E-state index in [0.29, 0.717) is 5.75 Å². The van der Waals surface area contributed by atoms with E-state index in [1.54, 1.807) is 6.07 Å². The van der Waals surface area contributed by atoms with Gasteiger partial charge in [0.2, 0.25) is 0 Å². The number of aromatic hydroxyl groups is 1. The Morgan fingerprint density at radius 2 is 1.88 bits per heavy atom. The summed E-state index contributed by atoms with van der Waals surface area (Å²) in [7, 11) is 0. The van der Waals surface area contributed by atoms with Crippen molar-refractivity contribution >= 4 is 5.71 Å². The van der Waals surface area contributed by atoms with Crippen LogP contribution in [-0.2, 0) is 0 Å². The fraction of sp³-hybridized carbons (Fsp3) is 0.500. The normalized spacial score (nSPS) is 12.1. The lowest BCUT2D eigenvalue weighted by molar-refractivity contribution is 0.313. The molecule has 0 heterocycles. The van der Waals surface area contributed by atoms with E-state index >= 15 is 0 Å². The Morgan fingerprint density at radius 3 is 2.47 bits per heavy atom. The van der Waals surface area contributed by atoms with Crippen molar-refractivity contribution in [1.82, 2.24) is 4.90 Å². The number of para-hydroxylation sites is 1. The molecule has 3 nitrogen and oxygen atoms in total. The van der Waals surface area contributed by atoms with Gasteiger partial charge >= 0.3 is 0 Å². The summed E-state index contributed by atoms with van der Waals surface area (Å²) in [6.07, 6.45) is 0. The molecule has 17 heavy (non-hydrogen) atoms. The number of aliphatic imine (C=N–C) groups is 1. The summed E-state index contributed by atoms with van der Waals surface area (Å²) in [4.78, 5) is 6.84. The van der Waals surface area contributed by atoms with Crippen LogP contribution >= 0.6 is 0 Å². The number of rotatable bonds is 6. The van der Waals surface area contributed by atoms with Gasteiger partial charge in [-0.3, -0.25) is 4.99 Å². The summed E-state index contributed by atoms with van der Waals surface area (Å²) in [5.74, 6) is 0.302. The van der Waals surface area contributed by atoms with Crippen LogP contribution in [0.3, 0.4) is 0 Å². The first-order valence-electron chi connectivity index (χ1n) is 6.20. The van der Waals surface area contributed by atoms with E-state index in [0.717, 1.165) is 37.5 Å². The molecule has 3 heteroatoms. The van der Waals surface area contributed by atoms with Crippen molar-refractivity contribution in [2.75, 3.05) is 26.2 Å². The van der Waals surface area contributed by atoms with E-state index in [9.17, 15) is 5.11 Å². The Hall–Kier alpha value is -1.35. The van der Waals surface area contributed by atoms with E-state index in [-0.39, 0.29) is 0 Å². The maximum Gasteiger partial charge on any atom is 0.124 e. The summed E-state index contributed by atoms with van der Waals surface area (Å²) in [6, 6.07) is 7.32. The second-order valence-electron chi connectivity index (χ2n) is 4.01. The van der Waals surface area contributed by atoms with Crippen LogP contribution in [0.5, 0.6) is 5.75 Å². The Labute approximate surface area is 104 Å². The van der Waals surface area contributed by atoms with E-state index in [1.165, 1.54) is 0 Å².